The Labute approximate surface area is 100.0 Å². The van der Waals surface area contributed by atoms with E-state index in [1.807, 2.05) is 0 Å². The van der Waals surface area contributed by atoms with Crippen LogP contribution in [0.5, 0.6) is 0 Å². The van der Waals surface area contributed by atoms with Crippen molar-refractivity contribution in [2.45, 2.75) is 19.3 Å². The van der Waals surface area contributed by atoms with Gasteiger partial charge in [-0.25, -0.2) is 0 Å². The zero-order valence-electron chi connectivity index (χ0n) is 9.37. The number of nitrogens with zero attached hydrogens (tertiary/aromatic N) is 2. The maximum absolute atomic E-state index is 11.7. The summed E-state index contributed by atoms with van der Waals surface area (Å²) in [4.78, 5) is 11.7. The third-order valence-corrected chi connectivity index (χ3v) is 3.34. The van der Waals surface area contributed by atoms with Crippen molar-refractivity contribution in [3.05, 3.63) is 18.0 Å². The van der Waals surface area contributed by atoms with Gasteiger partial charge in [-0.15, -0.1) is 11.6 Å². The van der Waals surface area contributed by atoms with Gasteiger partial charge < -0.3 is 5.32 Å². The number of hydrogen-bond donors (Lipinski definition) is 1. The molecular weight excluding hydrogens is 226 g/mol. The minimum Gasteiger partial charge on any atom is -0.350 e. The molecule has 5 heteroatoms. The van der Waals surface area contributed by atoms with Crippen LogP contribution in [-0.4, -0.2) is 28.1 Å². The fraction of sp³-hybridized carbons (Fsp3) is 0.636. The first-order valence-corrected chi connectivity index (χ1v) is 6.02. The van der Waals surface area contributed by atoms with Crippen molar-refractivity contribution >= 4 is 17.5 Å². The Balaban J connectivity index is 1.84. The lowest BCUT2D eigenvalue weighted by atomic mass is 10.0. The molecule has 1 aromatic heterocycles. The van der Waals surface area contributed by atoms with Gasteiger partial charge in [0.1, 0.15) is 5.69 Å². The fourth-order valence-corrected chi connectivity index (χ4v) is 2.19. The SMILES string of the molecule is Cn1ccc(C(=O)NCC2(CCCl)CC2)n1. The lowest BCUT2D eigenvalue weighted by molar-refractivity contribution is 0.0938. The monoisotopic (exact) mass is 241 g/mol. The summed E-state index contributed by atoms with van der Waals surface area (Å²) in [6, 6.07) is 1.72. The van der Waals surface area contributed by atoms with Crippen LogP contribution in [-0.2, 0) is 7.05 Å². The van der Waals surface area contributed by atoms with Crippen LogP contribution in [0, 0.1) is 5.41 Å². The molecule has 0 unspecified atom stereocenters. The Kier molecular flexibility index (Phi) is 3.19. The number of alkyl halides is 1. The molecule has 1 amide bonds. The third kappa shape index (κ3) is 2.55. The second kappa shape index (κ2) is 4.45. The lowest BCUT2D eigenvalue weighted by Gasteiger charge is -2.13. The number of amides is 1. The molecule has 1 N–H and O–H groups in total. The Morgan fingerprint density at radius 2 is 2.44 bits per heavy atom. The first-order valence-electron chi connectivity index (χ1n) is 5.49. The van der Waals surface area contributed by atoms with Gasteiger partial charge in [0.2, 0.25) is 0 Å². The van der Waals surface area contributed by atoms with E-state index in [2.05, 4.69) is 10.4 Å². The molecule has 0 radical (unpaired) electrons. The van der Waals surface area contributed by atoms with E-state index in [1.165, 1.54) is 12.8 Å². The van der Waals surface area contributed by atoms with Gasteiger partial charge in [0.05, 0.1) is 0 Å². The number of aromatic nitrogens is 2. The van der Waals surface area contributed by atoms with Crippen molar-refractivity contribution in [3.8, 4) is 0 Å². The number of nitrogens with one attached hydrogen (secondary N) is 1. The molecule has 16 heavy (non-hydrogen) atoms. The van der Waals surface area contributed by atoms with E-state index in [-0.39, 0.29) is 11.3 Å². The van der Waals surface area contributed by atoms with Crippen molar-refractivity contribution in [1.29, 1.82) is 0 Å². The predicted molar refractivity (Wildman–Crippen MR) is 62.5 cm³/mol. The van der Waals surface area contributed by atoms with Crippen LogP contribution in [0.4, 0.5) is 0 Å². The standard InChI is InChI=1S/C11H16ClN3O/c1-15-7-2-9(14-15)10(16)13-8-11(3-4-11)5-6-12/h2,7H,3-6,8H2,1H3,(H,13,16). The van der Waals surface area contributed by atoms with Crippen LogP contribution in [0.2, 0.25) is 0 Å². The summed E-state index contributed by atoms with van der Waals surface area (Å²) in [7, 11) is 1.80. The summed E-state index contributed by atoms with van der Waals surface area (Å²) in [5, 5.41) is 6.98. The molecule has 0 aliphatic heterocycles. The highest BCUT2D eigenvalue weighted by Crippen LogP contribution is 2.48. The van der Waals surface area contributed by atoms with Crippen LogP contribution in [0.15, 0.2) is 12.3 Å². The van der Waals surface area contributed by atoms with Gasteiger partial charge in [-0.2, -0.15) is 5.10 Å². The molecular formula is C11H16ClN3O. The van der Waals surface area contributed by atoms with Crippen LogP contribution in [0.1, 0.15) is 29.8 Å². The number of carbonyl (C=O) groups excluding carboxylic acids is 1. The van der Waals surface area contributed by atoms with Gasteiger partial charge in [0.15, 0.2) is 0 Å². The summed E-state index contributed by atoms with van der Waals surface area (Å²) in [5.74, 6) is 0.570. The molecule has 1 fully saturated rings. The number of aryl methyl sites for hydroxylation is 1. The Morgan fingerprint density at radius 3 is 2.94 bits per heavy atom. The number of halogens is 1. The number of rotatable bonds is 5. The Morgan fingerprint density at radius 1 is 1.69 bits per heavy atom. The number of carbonyl (C=O) groups is 1. The quantitative estimate of drug-likeness (QED) is 0.796. The minimum atomic E-state index is -0.0959. The van der Waals surface area contributed by atoms with Crippen molar-refractivity contribution in [1.82, 2.24) is 15.1 Å². The van der Waals surface area contributed by atoms with E-state index < -0.39 is 0 Å². The summed E-state index contributed by atoms with van der Waals surface area (Å²) >= 11 is 5.73. The first kappa shape index (κ1) is 11.5. The molecule has 0 spiro atoms. The molecule has 0 atom stereocenters. The molecule has 1 aliphatic carbocycles. The highest BCUT2D eigenvalue weighted by atomic mass is 35.5. The van der Waals surface area contributed by atoms with Crippen molar-refractivity contribution in [3.63, 3.8) is 0 Å². The van der Waals surface area contributed by atoms with Gasteiger partial charge in [-0.1, -0.05) is 0 Å². The van der Waals surface area contributed by atoms with Gasteiger partial charge >= 0.3 is 0 Å². The summed E-state index contributed by atoms with van der Waals surface area (Å²) < 4.78 is 1.63. The van der Waals surface area contributed by atoms with Crippen LogP contribution in [0.3, 0.4) is 0 Å². The molecule has 88 valence electrons. The van der Waals surface area contributed by atoms with E-state index in [0.29, 0.717) is 11.6 Å². The lowest BCUT2D eigenvalue weighted by Crippen LogP contribution is -2.30. The molecule has 0 aromatic carbocycles. The number of hydrogen-bond acceptors (Lipinski definition) is 2. The minimum absolute atomic E-state index is 0.0959. The van der Waals surface area contributed by atoms with Crippen LogP contribution >= 0.6 is 11.6 Å². The third-order valence-electron chi connectivity index (χ3n) is 3.15. The average molecular weight is 242 g/mol. The zero-order chi connectivity index (χ0) is 11.6. The molecule has 0 bridgehead atoms. The summed E-state index contributed by atoms with van der Waals surface area (Å²) in [6.45, 7) is 0.717. The summed E-state index contributed by atoms with van der Waals surface area (Å²) in [5.41, 5.74) is 0.746. The van der Waals surface area contributed by atoms with Crippen molar-refractivity contribution < 1.29 is 4.79 Å². The Bertz CT molecular complexity index is 384. The van der Waals surface area contributed by atoms with Crippen LogP contribution < -0.4 is 5.32 Å². The second-order valence-corrected chi connectivity index (χ2v) is 4.87. The van der Waals surface area contributed by atoms with E-state index in [9.17, 15) is 4.79 Å². The highest BCUT2D eigenvalue weighted by Gasteiger charge is 2.41. The van der Waals surface area contributed by atoms with Crippen molar-refractivity contribution in [2.75, 3.05) is 12.4 Å². The normalized spacial score (nSPS) is 17.1. The molecule has 0 saturated heterocycles. The van der Waals surface area contributed by atoms with Gasteiger partial charge in [-0.3, -0.25) is 9.48 Å². The molecule has 1 heterocycles. The van der Waals surface area contributed by atoms with E-state index in [0.717, 1.165) is 13.0 Å². The zero-order valence-corrected chi connectivity index (χ0v) is 10.1. The van der Waals surface area contributed by atoms with Crippen LogP contribution in [0.25, 0.3) is 0 Å². The first-order chi connectivity index (χ1) is 7.65. The highest BCUT2D eigenvalue weighted by molar-refractivity contribution is 6.17. The predicted octanol–water partition coefficient (Wildman–Crippen LogP) is 1.56. The maximum atomic E-state index is 11.7. The average Bonchev–Trinajstić information content (AvgIpc) is 2.89. The molecule has 1 saturated carbocycles. The molecule has 1 aromatic rings. The van der Waals surface area contributed by atoms with E-state index in [4.69, 9.17) is 11.6 Å². The van der Waals surface area contributed by atoms with Gasteiger partial charge in [0.25, 0.3) is 5.91 Å². The summed E-state index contributed by atoms with van der Waals surface area (Å²) in [6.07, 6.45) is 5.09. The van der Waals surface area contributed by atoms with E-state index >= 15 is 0 Å². The van der Waals surface area contributed by atoms with Crippen molar-refractivity contribution in [2.24, 2.45) is 12.5 Å². The molecule has 1 aliphatic rings. The molecule has 2 rings (SSSR count). The largest absolute Gasteiger partial charge is 0.350 e. The van der Waals surface area contributed by atoms with Gasteiger partial charge in [-0.05, 0) is 30.7 Å². The molecule has 4 nitrogen and oxygen atoms in total. The smallest absolute Gasteiger partial charge is 0.271 e. The van der Waals surface area contributed by atoms with E-state index in [1.54, 1.807) is 24.0 Å². The topological polar surface area (TPSA) is 46.9 Å². The fourth-order valence-electron chi connectivity index (χ4n) is 1.79. The second-order valence-electron chi connectivity index (χ2n) is 4.50. The Hall–Kier alpha value is -1.03. The maximum Gasteiger partial charge on any atom is 0.271 e. The van der Waals surface area contributed by atoms with Gasteiger partial charge in [0, 0.05) is 25.7 Å².